The summed E-state index contributed by atoms with van der Waals surface area (Å²) >= 11 is 0. The highest BCUT2D eigenvalue weighted by atomic mass is 16.6. The lowest BCUT2D eigenvalue weighted by atomic mass is 9.92. The summed E-state index contributed by atoms with van der Waals surface area (Å²) in [6, 6.07) is 0. The molecule has 0 amide bonds. The Morgan fingerprint density at radius 2 is 2.35 bits per heavy atom. The number of hydrogen-bond acceptors (Lipinski definition) is 6. The van der Waals surface area contributed by atoms with Crippen LogP contribution in [0.2, 0.25) is 0 Å². The third-order valence-corrected chi connectivity index (χ3v) is 3.59. The largest absolute Gasteiger partial charge is 0.390 e. The number of aliphatic hydroxyl groups is 1. The number of rotatable bonds is 6. The van der Waals surface area contributed by atoms with Crippen LogP contribution in [0.15, 0.2) is 12.4 Å². The molecule has 8 heteroatoms. The molecule has 1 saturated heterocycles. The average molecular weight is 284 g/mol. The molecule has 8 nitrogen and oxygen atoms in total. The normalized spacial score (nSPS) is 19.7. The van der Waals surface area contributed by atoms with Gasteiger partial charge >= 0.3 is 5.69 Å². The zero-order valence-electron chi connectivity index (χ0n) is 11.5. The minimum absolute atomic E-state index is 0.0185. The summed E-state index contributed by atoms with van der Waals surface area (Å²) in [6.07, 6.45) is 3.67. The van der Waals surface area contributed by atoms with Crippen molar-refractivity contribution in [2.24, 2.45) is 0 Å². The van der Waals surface area contributed by atoms with Crippen molar-refractivity contribution in [2.75, 3.05) is 19.8 Å². The van der Waals surface area contributed by atoms with Crippen LogP contribution in [0.1, 0.15) is 19.8 Å². The van der Waals surface area contributed by atoms with Crippen molar-refractivity contribution >= 4 is 5.69 Å². The second kappa shape index (κ2) is 6.29. The zero-order chi connectivity index (χ0) is 14.6. The molecule has 0 radical (unpaired) electrons. The number of β-amino-alcohol motifs (C(OH)–C–C–N with tert-alkyl or cyclic N) is 1. The van der Waals surface area contributed by atoms with Crippen molar-refractivity contribution in [1.82, 2.24) is 15.1 Å². The Labute approximate surface area is 116 Å². The Kier molecular flexibility index (Phi) is 4.69. The molecule has 20 heavy (non-hydrogen) atoms. The topological polar surface area (TPSA) is 102 Å². The fourth-order valence-electron chi connectivity index (χ4n) is 2.19. The van der Waals surface area contributed by atoms with E-state index in [0.717, 1.165) is 26.1 Å². The Balaban J connectivity index is 1.79. The van der Waals surface area contributed by atoms with Gasteiger partial charge in [0.1, 0.15) is 12.4 Å². The Bertz CT molecular complexity index is 456. The number of ether oxygens (including phenoxy) is 1. The third-order valence-electron chi connectivity index (χ3n) is 3.59. The molecule has 1 fully saturated rings. The van der Waals surface area contributed by atoms with Crippen LogP contribution >= 0.6 is 0 Å². The maximum Gasteiger partial charge on any atom is 0.306 e. The van der Waals surface area contributed by atoms with Crippen LogP contribution in [0, 0.1) is 10.1 Å². The number of nitro groups is 1. The van der Waals surface area contributed by atoms with E-state index in [-0.39, 0.29) is 17.8 Å². The fourth-order valence-corrected chi connectivity index (χ4v) is 2.19. The van der Waals surface area contributed by atoms with E-state index < -0.39 is 11.0 Å². The molecule has 2 rings (SSSR count). The molecule has 0 saturated carbocycles. The van der Waals surface area contributed by atoms with Crippen LogP contribution in [0.3, 0.4) is 0 Å². The van der Waals surface area contributed by atoms with Crippen LogP contribution in [0.25, 0.3) is 0 Å². The van der Waals surface area contributed by atoms with Crippen molar-refractivity contribution in [3.8, 4) is 0 Å². The van der Waals surface area contributed by atoms with E-state index in [1.165, 1.54) is 17.1 Å². The highest BCUT2D eigenvalue weighted by Crippen LogP contribution is 2.19. The smallest absolute Gasteiger partial charge is 0.306 e. The molecule has 1 aliphatic rings. The minimum Gasteiger partial charge on any atom is -0.390 e. The standard InChI is InChI=1S/C12H20N4O4/c1-12(2-4-20-5-3-12)13-7-11(17)9-15-8-10(6-14-15)16(18)19/h6,8,11,13,17H,2-5,7,9H2,1H3. The van der Waals surface area contributed by atoms with E-state index in [4.69, 9.17) is 4.74 Å². The van der Waals surface area contributed by atoms with Crippen LogP contribution in [-0.4, -0.2) is 51.2 Å². The van der Waals surface area contributed by atoms with Crippen molar-refractivity contribution in [3.63, 3.8) is 0 Å². The van der Waals surface area contributed by atoms with E-state index >= 15 is 0 Å². The predicted molar refractivity (Wildman–Crippen MR) is 71.3 cm³/mol. The maximum atomic E-state index is 10.5. The van der Waals surface area contributed by atoms with Crippen LogP contribution in [0.5, 0.6) is 0 Å². The van der Waals surface area contributed by atoms with Crippen LogP contribution < -0.4 is 5.32 Å². The first-order valence-corrected chi connectivity index (χ1v) is 6.66. The predicted octanol–water partition coefficient (Wildman–Crippen LogP) is 0.311. The quantitative estimate of drug-likeness (QED) is 0.576. The fraction of sp³-hybridized carbons (Fsp3) is 0.750. The molecule has 112 valence electrons. The Hall–Kier alpha value is -1.51. The maximum absolute atomic E-state index is 10.5. The summed E-state index contributed by atoms with van der Waals surface area (Å²) < 4.78 is 6.70. The average Bonchev–Trinajstić information content (AvgIpc) is 2.86. The van der Waals surface area contributed by atoms with Gasteiger partial charge in [0.2, 0.25) is 0 Å². The van der Waals surface area contributed by atoms with Gasteiger partial charge in [0.15, 0.2) is 0 Å². The van der Waals surface area contributed by atoms with E-state index in [1.54, 1.807) is 0 Å². The molecule has 1 atom stereocenters. The van der Waals surface area contributed by atoms with Gasteiger partial charge in [0.05, 0.1) is 17.6 Å². The Morgan fingerprint density at radius 3 is 2.95 bits per heavy atom. The van der Waals surface area contributed by atoms with Crippen molar-refractivity contribution in [1.29, 1.82) is 0 Å². The van der Waals surface area contributed by atoms with Gasteiger partial charge < -0.3 is 15.2 Å². The monoisotopic (exact) mass is 284 g/mol. The van der Waals surface area contributed by atoms with Crippen LogP contribution in [0.4, 0.5) is 5.69 Å². The molecule has 2 N–H and O–H groups in total. The first kappa shape index (κ1) is 14.9. The summed E-state index contributed by atoms with van der Waals surface area (Å²) in [5, 5.41) is 27.7. The van der Waals surface area contributed by atoms with Gasteiger partial charge in [-0.25, -0.2) is 0 Å². The van der Waals surface area contributed by atoms with E-state index in [0.29, 0.717) is 6.54 Å². The van der Waals surface area contributed by atoms with E-state index in [9.17, 15) is 15.2 Å². The minimum atomic E-state index is -0.644. The van der Waals surface area contributed by atoms with E-state index in [2.05, 4.69) is 17.3 Å². The van der Waals surface area contributed by atoms with Crippen LogP contribution in [-0.2, 0) is 11.3 Å². The van der Waals surface area contributed by atoms with Gasteiger partial charge in [-0.1, -0.05) is 0 Å². The highest BCUT2D eigenvalue weighted by Gasteiger charge is 2.27. The molecular weight excluding hydrogens is 264 g/mol. The number of aliphatic hydroxyl groups excluding tert-OH is 1. The molecule has 0 aliphatic carbocycles. The van der Waals surface area contributed by atoms with Crippen molar-refractivity contribution < 1.29 is 14.8 Å². The molecule has 0 aromatic carbocycles. The second-order valence-electron chi connectivity index (χ2n) is 5.39. The van der Waals surface area contributed by atoms with Gasteiger partial charge in [-0.2, -0.15) is 5.10 Å². The van der Waals surface area contributed by atoms with Crippen molar-refractivity contribution in [3.05, 3.63) is 22.5 Å². The molecule has 0 bridgehead atoms. The molecule has 1 aromatic rings. The van der Waals surface area contributed by atoms with Gasteiger partial charge in [-0.3, -0.25) is 14.8 Å². The number of aromatic nitrogens is 2. The third kappa shape index (κ3) is 3.99. The van der Waals surface area contributed by atoms with Gasteiger partial charge in [-0.15, -0.1) is 0 Å². The lowest BCUT2D eigenvalue weighted by molar-refractivity contribution is -0.385. The lowest BCUT2D eigenvalue weighted by Gasteiger charge is -2.35. The number of hydrogen-bond donors (Lipinski definition) is 2. The van der Waals surface area contributed by atoms with Gasteiger partial charge in [0.25, 0.3) is 0 Å². The molecular formula is C12H20N4O4. The first-order valence-electron chi connectivity index (χ1n) is 6.66. The summed E-state index contributed by atoms with van der Waals surface area (Å²) in [5.41, 5.74) is -0.0865. The summed E-state index contributed by atoms with van der Waals surface area (Å²) in [5.74, 6) is 0. The van der Waals surface area contributed by atoms with E-state index in [1.807, 2.05) is 0 Å². The molecule has 2 heterocycles. The second-order valence-corrected chi connectivity index (χ2v) is 5.39. The Morgan fingerprint density at radius 1 is 1.65 bits per heavy atom. The zero-order valence-corrected chi connectivity index (χ0v) is 11.5. The summed E-state index contributed by atoms with van der Waals surface area (Å²) in [4.78, 5) is 10.0. The summed E-state index contributed by atoms with van der Waals surface area (Å²) in [6.45, 7) is 4.22. The van der Waals surface area contributed by atoms with Gasteiger partial charge in [0, 0.05) is 25.3 Å². The first-order chi connectivity index (χ1) is 9.48. The van der Waals surface area contributed by atoms with Crippen molar-refractivity contribution in [2.45, 2.75) is 38.0 Å². The highest BCUT2D eigenvalue weighted by molar-refractivity contribution is 5.20. The SMILES string of the molecule is CC1(NCC(O)Cn2cc([N+](=O)[O-])cn2)CCOCC1. The number of nitrogens with zero attached hydrogens (tertiary/aromatic N) is 3. The lowest BCUT2D eigenvalue weighted by Crippen LogP contribution is -2.49. The molecule has 1 unspecified atom stereocenters. The summed E-state index contributed by atoms with van der Waals surface area (Å²) in [7, 11) is 0. The van der Waals surface area contributed by atoms with Gasteiger partial charge in [-0.05, 0) is 19.8 Å². The number of nitrogens with one attached hydrogen (secondary N) is 1. The molecule has 1 aliphatic heterocycles. The molecule has 0 spiro atoms. The molecule has 1 aromatic heterocycles.